The number of para-hydroxylation sites is 1. The second kappa shape index (κ2) is 6.38. The standard InChI is InChI=1S/C14H16N2O3S/c15-13-11-16-8-7-14(13)20(17,18)10-4-9-19-12-5-2-1-3-6-12/h1-3,5-8,11H,4,9-10,15H2. The van der Waals surface area contributed by atoms with E-state index in [4.69, 9.17) is 10.5 Å². The number of hydrogen-bond donors (Lipinski definition) is 1. The minimum atomic E-state index is -3.39. The van der Waals surface area contributed by atoms with E-state index in [0.29, 0.717) is 13.0 Å². The molecule has 0 unspecified atom stereocenters. The van der Waals surface area contributed by atoms with Crippen molar-refractivity contribution >= 4 is 15.5 Å². The Balaban J connectivity index is 1.89. The molecule has 0 aliphatic heterocycles. The Labute approximate surface area is 118 Å². The monoisotopic (exact) mass is 292 g/mol. The molecule has 0 amide bonds. The summed E-state index contributed by atoms with van der Waals surface area (Å²) in [6, 6.07) is 10.7. The molecule has 6 heteroatoms. The first-order valence-corrected chi connectivity index (χ1v) is 7.85. The fourth-order valence-corrected chi connectivity index (χ4v) is 3.14. The Bertz CT molecular complexity index is 657. The number of sulfone groups is 1. The van der Waals surface area contributed by atoms with Crippen LogP contribution >= 0.6 is 0 Å². The summed E-state index contributed by atoms with van der Waals surface area (Å²) < 4.78 is 29.7. The molecule has 2 aromatic rings. The van der Waals surface area contributed by atoms with Gasteiger partial charge in [-0.3, -0.25) is 4.98 Å². The summed E-state index contributed by atoms with van der Waals surface area (Å²) in [4.78, 5) is 3.91. The molecule has 0 saturated carbocycles. The SMILES string of the molecule is Nc1cnccc1S(=O)(=O)CCCOc1ccccc1. The molecule has 106 valence electrons. The Kier molecular flexibility index (Phi) is 4.57. The van der Waals surface area contributed by atoms with Crippen molar-refractivity contribution in [3.8, 4) is 5.75 Å². The van der Waals surface area contributed by atoms with E-state index in [0.717, 1.165) is 5.75 Å². The fraction of sp³-hybridized carbons (Fsp3) is 0.214. The predicted molar refractivity (Wildman–Crippen MR) is 77.3 cm³/mol. The lowest BCUT2D eigenvalue weighted by atomic mass is 10.3. The molecule has 0 spiro atoms. The smallest absolute Gasteiger partial charge is 0.180 e. The lowest BCUT2D eigenvalue weighted by molar-refractivity contribution is 0.317. The van der Waals surface area contributed by atoms with Crippen LogP contribution in [-0.4, -0.2) is 25.8 Å². The predicted octanol–water partition coefficient (Wildman–Crippen LogP) is 1.91. The fourth-order valence-electron chi connectivity index (χ4n) is 1.74. The average molecular weight is 292 g/mol. The molecule has 0 bridgehead atoms. The van der Waals surface area contributed by atoms with Gasteiger partial charge in [0.25, 0.3) is 0 Å². The molecule has 1 heterocycles. The summed E-state index contributed by atoms with van der Waals surface area (Å²) in [5, 5.41) is 0. The molecule has 1 aromatic heterocycles. The Hall–Kier alpha value is -2.08. The van der Waals surface area contributed by atoms with Crippen molar-refractivity contribution < 1.29 is 13.2 Å². The van der Waals surface area contributed by atoms with Crippen LogP contribution in [0, 0.1) is 0 Å². The van der Waals surface area contributed by atoms with E-state index in [2.05, 4.69) is 4.98 Å². The van der Waals surface area contributed by atoms with Crippen LogP contribution in [0.3, 0.4) is 0 Å². The third-order valence-corrected chi connectivity index (χ3v) is 4.58. The topological polar surface area (TPSA) is 82.3 Å². The zero-order chi connectivity index (χ0) is 14.4. The molecule has 0 fully saturated rings. The number of rotatable bonds is 6. The Morgan fingerprint density at radius 3 is 2.60 bits per heavy atom. The molecular weight excluding hydrogens is 276 g/mol. The quantitative estimate of drug-likeness (QED) is 0.822. The summed E-state index contributed by atoms with van der Waals surface area (Å²) >= 11 is 0. The van der Waals surface area contributed by atoms with Crippen LogP contribution in [0.4, 0.5) is 5.69 Å². The van der Waals surface area contributed by atoms with Crippen LogP contribution in [0.1, 0.15) is 6.42 Å². The van der Waals surface area contributed by atoms with Crippen molar-refractivity contribution in [2.45, 2.75) is 11.3 Å². The molecule has 2 rings (SSSR count). The summed E-state index contributed by atoms with van der Waals surface area (Å²) in [7, 11) is -3.39. The first kappa shape index (κ1) is 14.3. The van der Waals surface area contributed by atoms with Gasteiger partial charge in [-0.25, -0.2) is 8.42 Å². The van der Waals surface area contributed by atoms with E-state index >= 15 is 0 Å². The highest BCUT2D eigenvalue weighted by Crippen LogP contribution is 2.18. The molecule has 0 atom stereocenters. The number of pyridine rings is 1. The minimum absolute atomic E-state index is 0.00591. The lowest BCUT2D eigenvalue weighted by Gasteiger charge is -2.08. The molecule has 1 aromatic carbocycles. The van der Waals surface area contributed by atoms with Gasteiger partial charge in [-0.2, -0.15) is 0 Å². The largest absolute Gasteiger partial charge is 0.494 e. The molecule has 2 N–H and O–H groups in total. The maximum absolute atomic E-state index is 12.1. The molecular formula is C14H16N2O3S. The zero-order valence-corrected chi connectivity index (χ0v) is 11.7. The van der Waals surface area contributed by atoms with Crippen LogP contribution in [0.2, 0.25) is 0 Å². The van der Waals surface area contributed by atoms with Gasteiger partial charge >= 0.3 is 0 Å². The van der Waals surface area contributed by atoms with Gasteiger partial charge in [-0.15, -0.1) is 0 Å². The van der Waals surface area contributed by atoms with E-state index < -0.39 is 9.84 Å². The summed E-state index contributed by atoms with van der Waals surface area (Å²) in [6.07, 6.45) is 3.16. The average Bonchev–Trinajstić information content (AvgIpc) is 2.45. The van der Waals surface area contributed by atoms with Crippen molar-refractivity contribution in [3.63, 3.8) is 0 Å². The number of nitrogen functional groups attached to an aromatic ring is 1. The van der Waals surface area contributed by atoms with Gasteiger partial charge in [-0.1, -0.05) is 18.2 Å². The maximum atomic E-state index is 12.1. The molecule has 5 nitrogen and oxygen atoms in total. The van der Waals surface area contributed by atoms with Gasteiger partial charge in [0.05, 0.1) is 29.1 Å². The maximum Gasteiger partial charge on any atom is 0.180 e. The number of nitrogens with zero attached hydrogens (tertiary/aromatic N) is 1. The summed E-state index contributed by atoms with van der Waals surface area (Å²) in [5.74, 6) is 0.724. The van der Waals surface area contributed by atoms with Gasteiger partial charge in [0.1, 0.15) is 5.75 Å². The number of hydrogen-bond acceptors (Lipinski definition) is 5. The number of nitrogens with two attached hydrogens (primary N) is 1. The van der Waals surface area contributed by atoms with Gasteiger partial charge < -0.3 is 10.5 Å². The minimum Gasteiger partial charge on any atom is -0.494 e. The molecule has 0 radical (unpaired) electrons. The van der Waals surface area contributed by atoms with Gasteiger partial charge in [0.15, 0.2) is 9.84 Å². The Morgan fingerprint density at radius 2 is 1.90 bits per heavy atom. The highest BCUT2D eigenvalue weighted by atomic mass is 32.2. The second-order valence-corrected chi connectivity index (χ2v) is 6.33. The van der Waals surface area contributed by atoms with Crippen molar-refractivity contribution in [1.82, 2.24) is 4.98 Å². The molecule has 0 aliphatic carbocycles. The van der Waals surface area contributed by atoms with E-state index in [1.165, 1.54) is 18.5 Å². The van der Waals surface area contributed by atoms with Gasteiger partial charge in [-0.05, 0) is 24.6 Å². The highest BCUT2D eigenvalue weighted by Gasteiger charge is 2.17. The molecule has 0 saturated heterocycles. The first-order valence-electron chi connectivity index (χ1n) is 6.20. The Morgan fingerprint density at radius 1 is 1.15 bits per heavy atom. The summed E-state index contributed by atoms with van der Waals surface area (Å²) in [6.45, 7) is 0.341. The lowest BCUT2D eigenvalue weighted by Crippen LogP contribution is -2.12. The number of anilines is 1. The molecule has 20 heavy (non-hydrogen) atoms. The third-order valence-electron chi connectivity index (χ3n) is 2.71. The zero-order valence-electron chi connectivity index (χ0n) is 10.9. The second-order valence-electron chi connectivity index (χ2n) is 4.25. The van der Waals surface area contributed by atoms with Crippen LogP contribution in [0.15, 0.2) is 53.7 Å². The number of aromatic nitrogens is 1. The number of ether oxygens (including phenoxy) is 1. The van der Waals surface area contributed by atoms with Crippen molar-refractivity contribution in [2.24, 2.45) is 0 Å². The van der Waals surface area contributed by atoms with Gasteiger partial charge in [0.2, 0.25) is 0 Å². The summed E-state index contributed by atoms with van der Waals surface area (Å²) in [5.41, 5.74) is 5.81. The van der Waals surface area contributed by atoms with E-state index in [-0.39, 0.29) is 16.3 Å². The highest BCUT2D eigenvalue weighted by molar-refractivity contribution is 7.91. The normalized spacial score (nSPS) is 11.2. The van der Waals surface area contributed by atoms with Gasteiger partial charge in [0, 0.05) is 6.20 Å². The van der Waals surface area contributed by atoms with Crippen molar-refractivity contribution in [2.75, 3.05) is 18.1 Å². The van der Waals surface area contributed by atoms with Crippen molar-refractivity contribution in [1.29, 1.82) is 0 Å². The third kappa shape index (κ3) is 3.71. The number of benzene rings is 1. The first-order chi connectivity index (χ1) is 9.59. The van der Waals surface area contributed by atoms with Crippen molar-refractivity contribution in [3.05, 3.63) is 48.8 Å². The van der Waals surface area contributed by atoms with E-state index in [9.17, 15) is 8.42 Å². The van der Waals surface area contributed by atoms with E-state index in [1.807, 2.05) is 30.3 Å². The van der Waals surface area contributed by atoms with E-state index in [1.54, 1.807) is 0 Å². The van der Waals surface area contributed by atoms with Crippen LogP contribution in [-0.2, 0) is 9.84 Å². The van der Waals surface area contributed by atoms with Crippen LogP contribution < -0.4 is 10.5 Å². The van der Waals surface area contributed by atoms with Crippen LogP contribution in [0.5, 0.6) is 5.75 Å². The van der Waals surface area contributed by atoms with Crippen LogP contribution in [0.25, 0.3) is 0 Å². The molecule has 0 aliphatic rings.